The molecule has 0 radical (unpaired) electrons. The van der Waals surface area contributed by atoms with E-state index in [1.54, 1.807) is 11.0 Å². The van der Waals surface area contributed by atoms with Gasteiger partial charge in [-0.25, -0.2) is 9.78 Å². The highest BCUT2D eigenvalue weighted by atomic mass is 16.4. The summed E-state index contributed by atoms with van der Waals surface area (Å²) in [7, 11) is 0. The molecule has 0 spiro atoms. The number of piperidine rings is 1. The fourth-order valence-electron chi connectivity index (χ4n) is 2.07. The number of pyridine rings is 1. The maximum absolute atomic E-state index is 12.2. The van der Waals surface area contributed by atoms with Crippen molar-refractivity contribution in [2.75, 3.05) is 13.1 Å². The summed E-state index contributed by atoms with van der Waals surface area (Å²) in [4.78, 5) is 28.5. The molecule has 0 unspecified atom stereocenters. The third kappa shape index (κ3) is 2.67. The van der Waals surface area contributed by atoms with Crippen molar-refractivity contribution in [2.45, 2.75) is 19.8 Å². The fraction of sp³-hybridized carbons (Fsp3) is 0.462. The number of likely N-dealkylation sites (tertiary alicyclic amines) is 1. The number of amides is 1. The monoisotopic (exact) mass is 248 g/mol. The minimum absolute atomic E-state index is 0.0915. The van der Waals surface area contributed by atoms with Gasteiger partial charge in [0.1, 0.15) is 5.69 Å². The first-order valence-corrected chi connectivity index (χ1v) is 6.06. The van der Waals surface area contributed by atoms with E-state index in [-0.39, 0.29) is 11.6 Å². The number of nitrogens with zero attached hydrogens (tertiary/aromatic N) is 2. The zero-order valence-electron chi connectivity index (χ0n) is 10.3. The van der Waals surface area contributed by atoms with E-state index in [2.05, 4.69) is 11.9 Å². The van der Waals surface area contributed by atoms with Crippen LogP contribution in [0.25, 0.3) is 0 Å². The van der Waals surface area contributed by atoms with Crippen LogP contribution in [0.2, 0.25) is 0 Å². The molecule has 2 heterocycles. The van der Waals surface area contributed by atoms with Crippen molar-refractivity contribution in [1.29, 1.82) is 0 Å². The number of hydrogen-bond donors (Lipinski definition) is 1. The molecule has 96 valence electrons. The molecule has 1 aliphatic rings. The van der Waals surface area contributed by atoms with Gasteiger partial charge in [0, 0.05) is 24.8 Å². The summed E-state index contributed by atoms with van der Waals surface area (Å²) >= 11 is 0. The van der Waals surface area contributed by atoms with Gasteiger partial charge in [-0.05, 0) is 30.9 Å². The molecule has 1 fully saturated rings. The Morgan fingerprint density at radius 3 is 2.67 bits per heavy atom. The molecule has 1 saturated heterocycles. The van der Waals surface area contributed by atoms with Gasteiger partial charge in [0.05, 0.1) is 0 Å². The van der Waals surface area contributed by atoms with Gasteiger partial charge in [-0.3, -0.25) is 4.79 Å². The number of carboxylic acids is 1. The predicted molar refractivity (Wildman–Crippen MR) is 65.5 cm³/mol. The maximum Gasteiger partial charge on any atom is 0.354 e. The second-order valence-corrected chi connectivity index (χ2v) is 4.71. The standard InChI is InChI=1S/C13H16N2O3/c1-9-3-6-15(7-4-9)12(16)10-2-5-14-11(8-10)13(17)18/h2,5,8-9H,3-4,6-7H2,1H3,(H,17,18). The number of aromatic carboxylic acids is 1. The van der Waals surface area contributed by atoms with E-state index in [0.717, 1.165) is 25.9 Å². The van der Waals surface area contributed by atoms with Crippen LogP contribution in [0.15, 0.2) is 18.3 Å². The van der Waals surface area contributed by atoms with Crippen LogP contribution in [-0.4, -0.2) is 40.0 Å². The highest BCUT2D eigenvalue weighted by Crippen LogP contribution is 2.18. The van der Waals surface area contributed by atoms with Gasteiger partial charge in [0.2, 0.25) is 0 Å². The van der Waals surface area contributed by atoms with Crippen LogP contribution < -0.4 is 0 Å². The van der Waals surface area contributed by atoms with E-state index >= 15 is 0 Å². The summed E-state index contributed by atoms with van der Waals surface area (Å²) in [5, 5.41) is 8.85. The van der Waals surface area contributed by atoms with Crippen LogP contribution in [0.1, 0.15) is 40.6 Å². The van der Waals surface area contributed by atoms with Crippen molar-refractivity contribution >= 4 is 11.9 Å². The van der Waals surface area contributed by atoms with Crippen molar-refractivity contribution in [1.82, 2.24) is 9.88 Å². The van der Waals surface area contributed by atoms with Crippen LogP contribution in [0, 0.1) is 5.92 Å². The molecule has 0 aliphatic carbocycles. The number of rotatable bonds is 2. The van der Waals surface area contributed by atoms with Crippen LogP contribution in [-0.2, 0) is 0 Å². The van der Waals surface area contributed by atoms with Gasteiger partial charge in [-0.1, -0.05) is 6.92 Å². The van der Waals surface area contributed by atoms with Crippen LogP contribution >= 0.6 is 0 Å². The van der Waals surface area contributed by atoms with E-state index in [1.807, 2.05) is 0 Å². The van der Waals surface area contributed by atoms with Crippen LogP contribution in [0.3, 0.4) is 0 Å². The Bertz CT molecular complexity index is 465. The molecule has 0 saturated carbocycles. The minimum Gasteiger partial charge on any atom is -0.477 e. The first-order valence-electron chi connectivity index (χ1n) is 6.06. The van der Waals surface area contributed by atoms with Crippen molar-refractivity contribution < 1.29 is 14.7 Å². The number of carbonyl (C=O) groups excluding carboxylic acids is 1. The Morgan fingerprint density at radius 1 is 1.39 bits per heavy atom. The minimum atomic E-state index is -1.11. The Hall–Kier alpha value is -1.91. The SMILES string of the molecule is CC1CCN(C(=O)c2ccnc(C(=O)O)c2)CC1. The lowest BCUT2D eigenvalue weighted by molar-refractivity contribution is 0.0690. The number of aromatic nitrogens is 1. The lowest BCUT2D eigenvalue weighted by Gasteiger charge is -2.30. The molecule has 0 bridgehead atoms. The zero-order chi connectivity index (χ0) is 13.1. The zero-order valence-corrected chi connectivity index (χ0v) is 10.3. The first kappa shape index (κ1) is 12.5. The maximum atomic E-state index is 12.2. The van der Waals surface area contributed by atoms with Crippen molar-refractivity contribution in [3.05, 3.63) is 29.6 Å². The molecule has 5 nitrogen and oxygen atoms in total. The van der Waals surface area contributed by atoms with Crippen LogP contribution in [0.4, 0.5) is 0 Å². The lowest BCUT2D eigenvalue weighted by atomic mass is 9.98. The molecule has 18 heavy (non-hydrogen) atoms. The van der Waals surface area contributed by atoms with Gasteiger partial charge in [0.15, 0.2) is 0 Å². The molecular weight excluding hydrogens is 232 g/mol. The summed E-state index contributed by atoms with van der Waals surface area (Å²) in [5.41, 5.74) is 0.309. The number of carboxylic acid groups (broad SMARTS) is 1. The Balaban J connectivity index is 2.13. The molecule has 0 aromatic carbocycles. The molecule has 1 aliphatic heterocycles. The van der Waals surface area contributed by atoms with E-state index < -0.39 is 5.97 Å². The summed E-state index contributed by atoms with van der Waals surface area (Å²) < 4.78 is 0. The average Bonchev–Trinajstić information content (AvgIpc) is 2.39. The molecule has 1 aromatic rings. The smallest absolute Gasteiger partial charge is 0.354 e. The molecule has 1 amide bonds. The summed E-state index contributed by atoms with van der Waals surface area (Å²) in [6, 6.07) is 2.90. The highest BCUT2D eigenvalue weighted by molar-refractivity contribution is 5.96. The third-order valence-electron chi connectivity index (χ3n) is 3.30. The Kier molecular flexibility index (Phi) is 3.60. The van der Waals surface area contributed by atoms with Crippen molar-refractivity contribution in [3.8, 4) is 0 Å². The second-order valence-electron chi connectivity index (χ2n) is 4.71. The van der Waals surface area contributed by atoms with Crippen molar-refractivity contribution in [3.63, 3.8) is 0 Å². The van der Waals surface area contributed by atoms with E-state index in [1.165, 1.54) is 12.3 Å². The molecule has 2 rings (SSSR count). The summed E-state index contributed by atoms with van der Waals surface area (Å²) in [6.45, 7) is 3.66. The molecule has 1 N–H and O–H groups in total. The first-order chi connectivity index (χ1) is 8.58. The number of carbonyl (C=O) groups is 2. The van der Waals surface area contributed by atoms with E-state index in [4.69, 9.17) is 5.11 Å². The number of hydrogen-bond acceptors (Lipinski definition) is 3. The third-order valence-corrected chi connectivity index (χ3v) is 3.30. The quantitative estimate of drug-likeness (QED) is 0.864. The topological polar surface area (TPSA) is 70.5 Å². The fourth-order valence-corrected chi connectivity index (χ4v) is 2.07. The Morgan fingerprint density at radius 2 is 2.06 bits per heavy atom. The van der Waals surface area contributed by atoms with Gasteiger partial charge in [-0.15, -0.1) is 0 Å². The second kappa shape index (κ2) is 5.16. The normalized spacial score (nSPS) is 16.6. The molecule has 1 aromatic heterocycles. The van der Waals surface area contributed by atoms with E-state index in [9.17, 15) is 9.59 Å². The van der Waals surface area contributed by atoms with Crippen molar-refractivity contribution in [2.24, 2.45) is 5.92 Å². The lowest BCUT2D eigenvalue weighted by Crippen LogP contribution is -2.38. The predicted octanol–water partition coefficient (Wildman–Crippen LogP) is 1.65. The molecular formula is C13H16N2O3. The summed E-state index contributed by atoms with van der Waals surface area (Å²) in [6.07, 6.45) is 3.37. The average molecular weight is 248 g/mol. The molecule has 0 atom stereocenters. The highest BCUT2D eigenvalue weighted by Gasteiger charge is 2.22. The Labute approximate surface area is 105 Å². The van der Waals surface area contributed by atoms with Gasteiger partial charge >= 0.3 is 5.97 Å². The summed E-state index contributed by atoms with van der Waals surface area (Å²) in [5.74, 6) is -0.565. The van der Waals surface area contributed by atoms with E-state index in [0.29, 0.717) is 11.5 Å². The van der Waals surface area contributed by atoms with Gasteiger partial charge < -0.3 is 10.0 Å². The van der Waals surface area contributed by atoms with Gasteiger partial charge in [0.25, 0.3) is 5.91 Å². The van der Waals surface area contributed by atoms with Gasteiger partial charge in [-0.2, -0.15) is 0 Å². The molecule has 5 heteroatoms. The van der Waals surface area contributed by atoms with Crippen LogP contribution in [0.5, 0.6) is 0 Å². The largest absolute Gasteiger partial charge is 0.477 e.